The smallest absolute Gasteiger partial charge is 0.236 e. The van der Waals surface area contributed by atoms with Gasteiger partial charge in [0.25, 0.3) is 0 Å². The van der Waals surface area contributed by atoms with Crippen LogP contribution in [0, 0.1) is 17.3 Å². The SMILES string of the molecule is NC(=NO)C1(C(=O)N2CC3CCCC3C2)CCOCC1. The number of nitrogens with zero attached hydrogens (tertiary/aromatic N) is 2. The molecule has 1 amide bonds. The van der Waals surface area contributed by atoms with E-state index in [0.29, 0.717) is 37.9 Å². The van der Waals surface area contributed by atoms with Crippen molar-refractivity contribution in [3.63, 3.8) is 0 Å². The molecule has 6 nitrogen and oxygen atoms in total. The molecule has 1 aliphatic carbocycles. The molecule has 3 fully saturated rings. The number of amidine groups is 1. The molecule has 3 rings (SSSR count). The Morgan fingerprint density at radius 2 is 1.85 bits per heavy atom. The zero-order valence-electron chi connectivity index (χ0n) is 11.8. The maximum absolute atomic E-state index is 13.0. The van der Waals surface area contributed by atoms with Crippen molar-refractivity contribution in [2.24, 2.45) is 28.1 Å². The van der Waals surface area contributed by atoms with Crippen LogP contribution < -0.4 is 5.73 Å². The van der Waals surface area contributed by atoms with Gasteiger partial charge in [-0.2, -0.15) is 0 Å². The molecule has 2 unspecified atom stereocenters. The van der Waals surface area contributed by atoms with Gasteiger partial charge in [0.1, 0.15) is 5.41 Å². The number of likely N-dealkylation sites (tertiary alicyclic amines) is 1. The van der Waals surface area contributed by atoms with E-state index in [2.05, 4.69) is 5.16 Å². The van der Waals surface area contributed by atoms with Crippen LogP contribution in [0.25, 0.3) is 0 Å². The van der Waals surface area contributed by atoms with E-state index in [1.807, 2.05) is 4.90 Å². The van der Waals surface area contributed by atoms with Crippen LogP contribution in [0.4, 0.5) is 0 Å². The Hall–Kier alpha value is -1.30. The number of carbonyl (C=O) groups excluding carboxylic acids is 1. The Morgan fingerprint density at radius 1 is 1.25 bits per heavy atom. The second-order valence-electron chi connectivity index (χ2n) is 6.34. The molecule has 2 heterocycles. The Labute approximate surface area is 118 Å². The summed E-state index contributed by atoms with van der Waals surface area (Å²) in [5.41, 5.74) is 5.01. The van der Waals surface area contributed by atoms with Gasteiger partial charge in [0.2, 0.25) is 5.91 Å². The minimum Gasteiger partial charge on any atom is -0.409 e. The van der Waals surface area contributed by atoms with Crippen LogP contribution in [0.3, 0.4) is 0 Å². The molecule has 112 valence electrons. The molecule has 0 spiro atoms. The Kier molecular flexibility index (Phi) is 3.58. The highest BCUT2D eigenvalue weighted by Gasteiger charge is 2.49. The second kappa shape index (κ2) is 5.24. The van der Waals surface area contributed by atoms with Gasteiger partial charge in [-0.25, -0.2) is 0 Å². The summed E-state index contributed by atoms with van der Waals surface area (Å²) < 4.78 is 5.34. The highest BCUT2D eigenvalue weighted by molar-refractivity contribution is 6.06. The molecule has 20 heavy (non-hydrogen) atoms. The first-order chi connectivity index (χ1) is 9.67. The summed E-state index contributed by atoms with van der Waals surface area (Å²) in [5, 5.41) is 12.2. The maximum atomic E-state index is 13.0. The van der Waals surface area contributed by atoms with Crippen LogP contribution in [-0.4, -0.2) is 48.2 Å². The fourth-order valence-electron chi connectivity index (χ4n) is 4.10. The second-order valence-corrected chi connectivity index (χ2v) is 6.34. The molecule has 2 atom stereocenters. The summed E-state index contributed by atoms with van der Waals surface area (Å²) in [7, 11) is 0. The van der Waals surface area contributed by atoms with E-state index in [9.17, 15) is 4.79 Å². The van der Waals surface area contributed by atoms with Crippen molar-refractivity contribution in [3.05, 3.63) is 0 Å². The summed E-state index contributed by atoms with van der Waals surface area (Å²) in [5.74, 6) is 1.39. The Morgan fingerprint density at radius 3 is 2.40 bits per heavy atom. The van der Waals surface area contributed by atoms with Crippen LogP contribution in [0.1, 0.15) is 32.1 Å². The van der Waals surface area contributed by atoms with Crippen molar-refractivity contribution in [2.45, 2.75) is 32.1 Å². The van der Waals surface area contributed by atoms with Crippen molar-refractivity contribution in [2.75, 3.05) is 26.3 Å². The number of fused-ring (bicyclic) bond motifs is 1. The largest absolute Gasteiger partial charge is 0.409 e. The molecule has 1 saturated carbocycles. The van der Waals surface area contributed by atoms with Gasteiger partial charge >= 0.3 is 0 Å². The lowest BCUT2D eigenvalue weighted by Crippen LogP contribution is -2.53. The summed E-state index contributed by atoms with van der Waals surface area (Å²) >= 11 is 0. The molecule has 0 aromatic rings. The molecule has 2 saturated heterocycles. The van der Waals surface area contributed by atoms with Gasteiger partial charge in [0.15, 0.2) is 5.84 Å². The van der Waals surface area contributed by atoms with Crippen LogP contribution in [0.5, 0.6) is 0 Å². The van der Waals surface area contributed by atoms with Gasteiger partial charge in [-0.3, -0.25) is 4.79 Å². The van der Waals surface area contributed by atoms with Gasteiger partial charge in [-0.05, 0) is 37.5 Å². The third-order valence-corrected chi connectivity index (χ3v) is 5.37. The highest BCUT2D eigenvalue weighted by atomic mass is 16.5. The van der Waals surface area contributed by atoms with Crippen LogP contribution in [0.15, 0.2) is 5.16 Å². The molecule has 3 N–H and O–H groups in total. The van der Waals surface area contributed by atoms with E-state index in [0.717, 1.165) is 13.1 Å². The molecule has 0 aromatic carbocycles. The zero-order chi connectivity index (χ0) is 14.2. The van der Waals surface area contributed by atoms with E-state index in [1.165, 1.54) is 19.3 Å². The molecule has 0 aromatic heterocycles. The monoisotopic (exact) mass is 281 g/mol. The molecule has 0 bridgehead atoms. The average Bonchev–Trinajstić information content (AvgIpc) is 3.07. The predicted octanol–water partition coefficient (Wildman–Crippen LogP) is 0.788. The normalized spacial score (nSPS) is 33.2. The van der Waals surface area contributed by atoms with Crippen LogP contribution in [-0.2, 0) is 9.53 Å². The summed E-state index contributed by atoms with van der Waals surface area (Å²) in [6.07, 6.45) is 4.76. The fraction of sp³-hybridized carbons (Fsp3) is 0.857. The Balaban J connectivity index is 1.79. The van der Waals surface area contributed by atoms with Crippen molar-refractivity contribution >= 4 is 11.7 Å². The molecule has 3 aliphatic rings. The summed E-state index contributed by atoms with van der Waals surface area (Å²) in [4.78, 5) is 14.9. The minimum absolute atomic E-state index is 0.0329. The number of oxime groups is 1. The van der Waals surface area contributed by atoms with E-state index in [4.69, 9.17) is 15.7 Å². The quantitative estimate of drug-likeness (QED) is 0.339. The van der Waals surface area contributed by atoms with Crippen molar-refractivity contribution in [1.82, 2.24) is 4.90 Å². The van der Waals surface area contributed by atoms with Crippen molar-refractivity contribution in [1.29, 1.82) is 0 Å². The van der Waals surface area contributed by atoms with Gasteiger partial charge in [-0.15, -0.1) is 0 Å². The predicted molar refractivity (Wildman–Crippen MR) is 73.3 cm³/mol. The zero-order valence-corrected chi connectivity index (χ0v) is 11.8. The molecule has 0 radical (unpaired) electrons. The standard InChI is InChI=1S/C14H23N3O3/c15-12(16-19)14(4-6-20-7-5-14)13(18)17-8-10-2-1-3-11(10)9-17/h10-11,19H,1-9H2,(H2,15,16). The average molecular weight is 281 g/mol. The highest BCUT2D eigenvalue weighted by Crippen LogP contribution is 2.41. The lowest BCUT2D eigenvalue weighted by Gasteiger charge is -2.37. The van der Waals surface area contributed by atoms with Crippen molar-refractivity contribution in [3.8, 4) is 0 Å². The number of hydrogen-bond acceptors (Lipinski definition) is 4. The fourth-order valence-corrected chi connectivity index (χ4v) is 4.10. The number of amides is 1. The van der Waals surface area contributed by atoms with Crippen molar-refractivity contribution < 1.29 is 14.7 Å². The topological polar surface area (TPSA) is 88.2 Å². The van der Waals surface area contributed by atoms with E-state index in [-0.39, 0.29) is 11.7 Å². The van der Waals surface area contributed by atoms with Gasteiger partial charge < -0.3 is 20.6 Å². The first-order valence-corrected chi connectivity index (χ1v) is 7.52. The lowest BCUT2D eigenvalue weighted by atomic mass is 9.77. The molecular formula is C14H23N3O3. The number of hydrogen-bond donors (Lipinski definition) is 2. The minimum atomic E-state index is -0.856. The summed E-state index contributed by atoms with van der Waals surface area (Å²) in [6, 6.07) is 0. The summed E-state index contributed by atoms with van der Waals surface area (Å²) in [6.45, 7) is 2.65. The van der Waals surface area contributed by atoms with E-state index >= 15 is 0 Å². The van der Waals surface area contributed by atoms with Crippen LogP contribution >= 0.6 is 0 Å². The van der Waals surface area contributed by atoms with Crippen LogP contribution in [0.2, 0.25) is 0 Å². The van der Waals surface area contributed by atoms with Gasteiger partial charge in [-0.1, -0.05) is 11.6 Å². The third-order valence-electron chi connectivity index (χ3n) is 5.37. The molecule has 2 aliphatic heterocycles. The number of nitrogens with two attached hydrogens (primary N) is 1. The number of carbonyl (C=O) groups is 1. The van der Waals surface area contributed by atoms with E-state index < -0.39 is 5.41 Å². The first kappa shape index (κ1) is 13.7. The van der Waals surface area contributed by atoms with Gasteiger partial charge in [0.05, 0.1) is 0 Å². The first-order valence-electron chi connectivity index (χ1n) is 7.52. The molecule has 6 heteroatoms. The maximum Gasteiger partial charge on any atom is 0.236 e. The number of ether oxygens (including phenoxy) is 1. The molecular weight excluding hydrogens is 258 g/mol. The Bertz CT molecular complexity index is 406. The van der Waals surface area contributed by atoms with E-state index in [1.54, 1.807) is 0 Å². The third kappa shape index (κ3) is 2.06. The number of rotatable bonds is 2. The lowest BCUT2D eigenvalue weighted by molar-refractivity contribution is -0.141. The van der Waals surface area contributed by atoms with Gasteiger partial charge in [0, 0.05) is 26.3 Å².